The molecule has 0 amide bonds. The number of hydrogen-bond donors (Lipinski definition) is 0. The monoisotopic (exact) mass is 1130 g/mol. The van der Waals surface area contributed by atoms with Crippen molar-refractivity contribution in [2.45, 2.75) is 374 Å². The van der Waals surface area contributed by atoms with Crippen molar-refractivity contribution in [3.05, 3.63) is 72.9 Å². The average molecular weight is 1130 g/mol. The zero-order valence-electron chi connectivity index (χ0n) is 54.1. The van der Waals surface area contributed by atoms with Gasteiger partial charge >= 0.3 is 17.9 Å². The summed E-state index contributed by atoms with van der Waals surface area (Å²) in [5.41, 5.74) is 0. The molecular formula is C75H134O6. The van der Waals surface area contributed by atoms with Gasteiger partial charge < -0.3 is 14.2 Å². The van der Waals surface area contributed by atoms with Gasteiger partial charge in [0.1, 0.15) is 13.2 Å². The lowest BCUT2D eigenvalue weighted by Crippen LogP contribution is -2.30. The molecule has 0 aliphatic heterocycles. The molecule has 0 aromatic carbocycles. The molecule has 0 N–H and O–H groups in total. The predicted molar refractivity (Wildman–Crippen MR) is 353 cm³/mol. The minimum absolute atomic E-state index is 0.0745. The fourth-order valence-electron chi connectivity index (χ4n) is 10.3. The first kappa shape index (κ1) is 77.9. The van der Waals surface area contributed by atoms with Gasteiger partial charge in [-0.2, -0.15) is 0 Å². The van der Waals surface area contributed by atoms with Crippen molar-refractivity contribution in [2.75, 3.05) is 13.2 Å². The van der Waals surface area contributed by atoms with Crippen molar-refractivity contribution in [3.8, 4) is 0 Å². The zero-order chi connectivity index (χ0) is 58.5. The summed E-state index contributed by atoms with van der Waals surface area (Å²) in [6.07, 6.45) is 90.6. The summed E-state index contributed by atoms with van der Waals surface area (Å²) in [7, 11) is 0. The number of allylic oxidation sites excluding steroid dienone is 12. The van der Waals surface area contributed by atoms with Crippen LogP contribution < -0.4 is 0 Å². The van der Waals surface area contributed by atoms with Crippen LogP contribution in [0, 0.1) is 0 Å². The van der Waals surface area contributed by atoms with Crippen molar-refractivity contribution in [2.24, 2.45) is 0 Å². The molecule has 1 unspecified atom stereocenters. The molecule has 0 radical (unpaired) electrons. The number of hydrogen-bond acceptors (Lipinski definition) is 6. The lowest BCUT2D eigenvalue weighted by molar-refractivity contribution is -0.167. The van der Waals surface area contributed by atoms with Crippen LogP contribution in [-0.4, -0.2) is 37.2 Å². The van der Waals surface area contributed by atoms with Crippen molar-refractivity contribution >= 4 is 17.9 Å². The lowest BCUT2D eigenvalue weighted by Gasteiger charge is -2.18. The van der Waals surface area contributed by atoms with Crippen LogP contribution in [0.4, 0.5) is 0 Å². The molecule has 6 nitrogen and oxygen atoms in total. The van der Waals surface area contributed by atoms with Gasteiger partial charge in [-0.05, 0) is 96.3 Å². The number of carbonyl (C=O) groups excluding carboxylic acids is 3. The summed E-state index contributed by atoms with van der Waals surface area (Å²) in [5, 5.41) is 0. The van der Waals surface area contributed by atoms with Gasteiger partial charge in [0.15, 0.2) is 6.10 Å². The maximum absolute atomic E-state index is 13.0. The third kappa shape index (κ3) is 67.5. The summed E-state index contributed by atoms with van der Waals surface area (Å²) < 4.78 is 17.0. The molecule has 0 saturated carbocycles. The van der Waals surface area contributed by atoms with Crippen LogP contribution in [-0.2, 0) is 28.6 Å². The van der Waals surface area contributed by atoms with Gasteiger partial charge in [0.05, 0.1) is 0 Å². The van der Waals surface area contributed by atoms with Gasteiger partial charge in [0.25, 0.3) is 0 Å². The van der Waals surface area contributed by atoms with Crippen molar-refractivity contribution in [1.82, 2.24) is 0 Å². The third-order valence-electron chi connectivity index (χ3n) is 15.7. The molecule has 0 heterocycles. The van der Waals surface area contributed by atoms with E-state index in [1.807, 2.05) is 0 Å². The molecule has 0 bridgehead atoms. The first-order valence-corrected chi connectivity index (χ1v) is 35.4. The molecule has 6 heteroatoms. The van der Waals surface area contributed by atoms with Crippen LogP contribution in [0.5, 0.6) is 0 Å². The Hall–Kier alpha value is -3.15. The molecule has 0 rings (SSSR count). The van der Waals surface area contributed by atoms with Gasteiger partial charge in [0, 0.05) is 19.3 Å². The third-order valence-corrected chi connectivity index (χ3v) is 15.7. The molecule has 0 spiro atoms. The van der Waals surface area contributed by atoms with E-state index in [0.717, 1.165) is 83.5 Å². The molecule has 0 saturated heterocycles. The second-order valence-electron chi connectivity index (χ2n) is 23.8. The van der Waals surface area contributed by atoms with E-state index >= 15 is 0 Å². The smallest absolute Gasteiger partial charge is 0.306 e. The van der Waals surface area contributed by atoms with Crippen LogP contribution in [0.15, 0.2) is 72.9 Å². The van der Waals surface area contributed by atoms with E-state index in [4.69, 9.17) is 14.2 Å². The Balaban J connectivity index is 4.30. The zero-order valence-corrected chi connectivity index (χ0v) is 54.1. The molecular weight excluding hydrogens is 997 g/mol. The molecule has 0 aromatic heterocycles. The summed E-state index contributed by atoms with van der Waals surface area (Å²) in [5.74, 6) is -0.862. The highest BCUT2D eigenvalue weighted by Crippen LogP contribution is 2.17. The van der Waals surface area contributed by atoms with Crippen LogP contribution in [0.3, 0.4) is 0 Å². The van der Waals surface area contributed by atoms with E-state index in [9.17, 15) is 14.4 Å². The van der Waals surface area contributed by atoms with E-state index < -0.39 is 6.10 Å². The highest BCUT2D eigenvalue weighted by Gasteiger charge is 2.19. The SMILES string of the molecule is CCCCCCC/C=C\C/C=C\C/C=C\CCCCCCCCCCCCC(=O)OCC(COC(=O)CCCCCCCCCCCCCCC)OC(=O)CCCCCCCCCCCC/C=C\C/C=C\C/C=C\CCCCCCC. The molecule has 0 fully saturated rings. The Morgan fingerprint density at radius 3 is 0.691 bits per heavy atom. The summed E-state index contributed by atoms with van der Waals surface area (Å²) in [6.45, 7) is 6.66. The van der Waals surface area contributed by atoms with Crippen molar-refractivity contribution in [1.29, 1.82) is 0 Å². The van der Waals surface area contributed by atoms with Crippen LogP contribution in [0.1, 0.15) is 367 Å². The van der Waals surface area contributed by atoms with Gasteiger partial charge in [-0.25, -0.2) is 0 Å². The summed E-state index contributed by atoms with van der Waals surface area (Å²) in [4.78, 5) is 38.4. The van der Waals surface area contributed by atoms with Crippen molar-refractivity contribution in [3.63, 3.8) is 0 Å². The van der Waals surface area contributed by atoms with Gasteiger partial charge in [0.2, 0.25) is 0 Å². The normalized spacial score (nSPS) is 12.5. The highest BCUT2D eigenvalue weighted by atomic mass is 16.6. The largest absolute Gasteiger partial charge is 0.462 e. The minimum Gasteiger partial charge on any atom is -0.462 e. The molecule has 0 aromatic rings. The summed E-state index contributed by atoms with van der Waals surface area (Å²) >= 11 is 0. The number of carbonyl (C=O) groups is 3. The van der Waals surface area contributed by atoms with Gasteiger partial charge in [-0.1, -0.05) is 325 Å². The molecule has 0 aliphatic rings. The highest BCUT2D eigenvalue weighted by molar-refractivity contribution is 5.71. The lowest BCUT2D eigenvalue weighted by atomic mass is 10.0. The van der Waals surface area contributed by atoms with Crippen molar-refractivity contribution < 1.29 is 28.6 Å². The topological polar surface area (TPSA) is 78.9 Å². The predicted octanol–water partition coefficient (Wildman–Crippen LogP) is 24.4. The van der Waals surface area contributed by atoms with Crippen LogP contribution >= 0.6 is 0 Å². The number of rotatable bonds is 65. The fourth-order valence-corrected chi connectivity index (χ4v) is 10.3. The van der Waals surface area contributed by atoms with E-state index in [1.165, 1.54) is 244 Å². The Kier molecular flexibility index (Phi) is 66.6. The molecule has 0 aliphatic carbocycles. The first-order valence-electron chi connectivity index (χ1n) is 35.4. The van der Waals surface area contributed by atoms with E-state index in [2.05, 4.69) is 93.7 Å². The average Bonchev–Trinajstić information content (AvgIpc) is 3.46. The van der Waals surface area contributed by atoms with Crippen LogP contribution in [0.2, 0.25) is 0 Å². The van der Waals surface area contributed by atoms with Gasteiger partial charge in [-0.3, -0.25) is 14.4 Å². The first-order chi connectivity index (χ1) is 40.0. The fraction of sp³-hybridized carbons (Fsp3) is 0.800. The quantitative estimate of drug-likeness (QED) is 0.0261. The molecule has 81 heavy (non-hydrogen) atoms. The van der Waals surface area contributed by atoms with E-state index in [0.29, 0.717) is 19.3 Å². The molecule has 470 valence electrons. The number of esters is 3. The number of unbranched alkanes of at least 4 members (excludes halogenated alkanes) is 42. The Morgan fingerprint density at radius 2 is 0.444 bits per heavy atom. The van der Waals surface area contributed by atoms with Gasteiger partial charge in [-0.15, -0.1) is 0 Å². The molecule has 1 atom stereocenters. The Bertz CT molecular complexity index is 1490. The Labute approximate surface area is 503 Å². The van der Waals surface area contributed by atoms with Crippen LogP contribution in [0.25, 0.3) is 0 Å². The van der Waals surface area contributed by atoms with E-state index in [-0.39, 0.29) is 31.1 Å². The maximum Gasteiger partial charge on any atom is 0.306 e. The maximum atomic E-state index is 13.0. The van der Waals surface area contributed by atoms with E-state index in [1.54, 1.807) is 0 Å². The minimum atomic E-state index is -0.779. The second kappa shape index (κ2) is 69.3. The standard InChI is InChI=1S/C75H134O6/c1-4-7-10-13-16-19-22-25-27-29-31-33-35-37-39-41-43-45-47-50-53-56-59-62-65-68-74(77)80-71-72(70-79-73(76)67-64-61-58-55-52-49-24-21-18-15-12-9-6-3)81-75(78)69-66-63-60-57-54-51-48-46-44-42-40-38-36-34-32-30-28-26-23-20-17-14-11-8-5-2/h22-23,25-26,29-32,35-38,72H,4-21,24,27-28,33-34,39-71H2,1-3H3/b25-22-,26-23-,31-29-,32-30-,37-35-,38-36-. The number of ether oxygens (including phenoxy) is 3. The Morgan fingerprint density at radius 1 is 0.247 bits per heavy atom. The second-order valence-corrected chi connectivity index (χ2v) is 23.8. The summed E-state index contributed by atoms with van der Waals surface area (Å²) in [6, 6.07) is 0.